The summed E-state index contributed by atoms with van der Waals surface area (Å²) >= 11 is 0. The maximum Gasteiger partial charge on any atom is 0.0521 e. The second-order valence-corrected chi connectivity index (χ2v) is 4.24. The molecule has 0 fully saturated rings. The van der Waals surface area contributed by atoms with Crippen LogP contribution in [0, 0.1) is 0 Å². The molecule has 0 amide bonds. The Balaban J connectivity index is 2.61. The molecule has 0 radical (unpaired) electrons. The predicted octanol–water partition coefficient (Wildman–Crippen LogP) is 3.89. The van der Waals surface area contributed by atoms with Crippen LogP contribution in [0.5, 0.6) is 0 Å². The number of benzene rings is 2. The summed E-state index contributed by atoms with van der Waals surface area (Å²) in [5.74, 6) is 0. The average Bonchev–Trinajstić information content (AvgIpc) is 2.64. The first-order valence-electron chi connectivity index (χ1n) is 5.78. The molecule has 0 saturated heterocycles. The summed E-state index contributed by atoms with van der Waals surface area (Å²) in [5, 5.41) is 2.73. The van der Waals surface area contributed by atoms with Gasteiger partial charge in [0.05, 0.1) is 5.52 Å². The zero-order valence-corrected chi connectivity index (χ0v) is 9.70. The molecular weight excluding hydrogens is 194 g/mol. The Morgan fingerprint density at radius 1 is 0.938 bits per heavy atom. The fraction of sp³-hybridized carbons (Fsp3) is 0.200. The Labute approximate surface area is 95.3 Å². The molecule has 0 aliphatic heterocycles. The summed E-state index contributed by atoms with van der Waals surface area (Å²) in [5.41, 5.74) is 4.13. The van der Waals surface area contributed by atoms with E-state index < -0.39 is 0 Å². The van der Waals surface area contributed by atoms with Gasteiger partial charge in [-0.1, -0.05) is 43.3 Å². The molecule has 0 aliphatic rings. The van der Waals surface area contributed by atoms with Crippen molar-refractivity contribution in [2.45, 2.75) is 13.3 Å². The van der Waals surface area contributed by atoms with Crippen LogP contribution in [0.2, 0.25) is 0 Å². The molecule has 2 aromatic carbocycles. The van der Waals surface area contributed by atoms with Gasteiger partial charge in [0.25, 0.3) is 0 Å². The van der Waals surface area contributed by atoms with Gasteiger partial charge in [0.15, 0.2) is 0 Å². The van der Waals surface area contributed by atoms with E-state index >= 15 is 0 Å². The fourth-order valence-electron chi connectivity index (χ4n) is 2.60. The molecule has 0 spiro atoms. The number of hydrogen-bond acceptors (Lipinski definition) is 0. The van der Waals surface area contributed by atoms with Gasteiger partial charge in [-0.15, -0.1) is 0 Å². The highest BCUT2D eigenvalue weighted by atomic mass is 14.9. The molecule has 1 nitrogen and oxygen atoms in total. The molecule has 0 bridgehead atoms. The molecule has 3 aromatic rings. The van der Waals surface area contributed by atoms with Gasteiger partial charge in [0, 0.05) is 23.3 Å². The van der Waals surface area contributed by atoms with Crippen LogP contribution in [0.25, 0.3) is 21.8 Å². The van der Waals surface area contributed by atoms with E-state index in [4.69, 9.17) is 0 Å². The van der Waals surface area contributed by atoms with Crippen LogP contribution < -0.4 is 0 Å². The smallest absolute Gasteiger partial charge is 0.0521 e. The fourth-order valence-corrected chi connectivity index (χ4v) is 2.60. The third kappa shape index (κ3) is 1.12. The lowest BCUT2D eigenvalue weighted by Crippen LogP contribution is -1.91. The van der Waals surface area contributed by atoms with Gasteiger partial charge in [-0.3, -0.25) is 0 Å². The monoisotopic (exact) mass is 209 g/mol. The van der Waals surface area contributed by atoms with E-state index in [0.29, 0.717) is 0 Å². The highest BCUT2D eigenvalue weighted by Gasteiger charge is 2.09. The van der Waals surface area contributed by atoms with E-state index in [2.05, 4.69) is 61.0 Å². The third-order valence-electron chi connectivity index (χ3n) is 3.39. The number of fused-ring (bicyclic) bond motifs is 3. The van der Waals surface area contributed by atoms with Crippen LogP contribution in [-0.4, -0.2) is 4.57 Å². The molecule has 1 heterocycles. The van der Waals surface area contributed by atoms with Crippen molar-refractivity contribution >= 4 is 21.8 Å². The molecule has 1 aromatic heterocycles. The van der Waals surface area contributed by atoms with Crippen molar-refractivity contribution in [3.05, 3.63) is 48.0 Å². The molecule has 80 valence electrons. The third-order valence-corrected chi connectivity index (χ3v) is 3.39. The molecule has 0 atom stereocenters. The SMILES string of the molecule is CCc1cccc2c3ccccc3n(C)c12. The standard InChI is InChI=1S/C15H15N/c1-3-11-7-6-9-13-12-8-4-5-10-14(12)16(2)15(11)13/h4-10H,3H2,1-2H3. The first-order valence-corrected chi connectivity index (χ1v) is 5.78. The van der Waals surface area contributed by atoms with Crippen molar-refractivity contribution in [2.24, 2.45) is 7.05 Å². The van der Waals surface area contributed by atoms with E-state index in [-0.39, 0.29) is 0 Å². The van der Waals surface area contributed by atoms with Gasteiger partial charge in [0.2, 0.25) is 0 Å². The van der Waals surface area contributed by atoms with Crippen LogP contribution in [0.1, 0.15) is 12.5 Å². The Bertz CT molecular complexity index is 662. The number of nitrogens with zero attached hydrogens (tertiary/aromatic N) is 1. The molecule has 16 heavy (non-hydrogen) atoms. The number of aryl methyl sites for hydroxylation is 2. The minimum absolute atomic E-state index is 1.08. The number of para-hydroxylation sites is 2. The van der Waals surface area contributed by atoms with Gasteiger partial charge in [-0.25, -0.2) is 0 Å². The molecule has 0 N–H and O–H groups in total. The van der Waals surface area contributed by atoms with E-state index in [9.17, 15) is 0 Å². The van der Waals surface area contributed by atoms with Crippen LogP contribution in [0.3, 0.4) is 0 Å². The van der Waals surface area contributed by atoms with Crippen LogP contribution in [0.15, 0.2) is 42.5 Å². The van der Waals surface area contributed by atoms with Crippen molar-refractivity contribution in [3.8, 4) is 0 Å². The predicted molar refractivity (Wildman–Crippen MR) is 69.8 cm³/mol. The Morgan fingerprint density at radius 2 is 1.69 bits per heavy atom. The van der Waals surface area contributed by atoms with Gasteiger partial charge in [0.1, 0.15) is 0 Å². The van der Waals surface area contributed by atoms with E-state index in [1.54, 1.807) is 0 Å². The number of rotatable bonds is 1. The zero-order chi connectivity index (χ0) is 11.1. The first-order chi connectivity index (χ1) is 7.83. The molecule has 1 heteroatoms. The summed E-state index contributed by atoms with van der Waals surface area (Å²) in [4.78, 5) is 0. The van der Waals surface area contributed by atoms with Gasteiger partial charge in [-0.05, 0) is 18.1 Å². The largest absolute Gasteiger partial charge is 0.343 e. The van der Waals surface area contributed by atoms with Gasteiger partial charge >= 0.3 is 0 Å². The number of aromatic nitrogens is 1. The Morgan fingerprint density at radius 3 is 2.50 bits per heavy atom. The summed E-state index contributed by atoms with van der Waals surface area (Å²) < 4.78 is 2.31. The summed E-state index contributed by atoms with van der Waals surface area (Å²) in [6.07, 6.45) is 1.08. The molecule has 0 aliphatic carbocycles. The second-order valence-electron chi connectivity index (χ2n) is 4.24. The Hall–Kier alpha value is -1.76. The molecular formula is C15H15N. The van der Waals surface area contributed by atoms with Crippen molar-refractivity contribution in [1.82, 2.24) is 4.57 Å². The number of hydrogen-bond donors (Lipinski definition) is 0. The highest BCUT2D eigenvalue weighted by molar-refractivity contribution is 6.08. The van der Waals surface area contributed by atoms with Crippen LogP contribution in [0.4, 0.5) is 0 Å². The van der Waals surface area contributed by atoms with Crippen molar-refractivity contribution in [3.63, 3.8) is 0 Å². The topological polar surface area (TPSA) is 4.93 Å². The summed E-state index contributed by atoms with van der Waals surface area (Å²) in [6, 6.07) is 15.2. The molecule has 0 saturated carbocycles. The minimum Gasteiger partial charge on any atom is -0.343 e. The molecule has 0 unspecified atom stereocenters. The van der Waals surface area contributed by atoms with Gasteiger partial charge in [-0.2, -0.15) is 0 Å². The average molecular weight is 209 g/mol. The maximum atomic E-state index is 2.31. The van der Waals surface area contributed by atoms with E-state index in [1.807, 2.05) is 0 Å². The van der Waals surface area contributed by atoms with E-state index in [0.717, 1.165) is 6.42 Å². The second kappa shape index (κ2) is 3.38. The lowest BCUT2D eigenvalue weighted by atomic mass is 10.1. The van der Waals surface area contributed by atoms with Crippen molar-refractivity contribution in [2.75, 3.05) is 0 Å². The van der Waals surface area contributed by atoms with Crippen LogP contribution >= 0.6 is 0 Å². The normalized spacial score (nSPS) is 11.4. The van der Waals surface area contributed by atoms with Gasteiger partial charge < -0.3 is 4.57 Å². The zero-order valence-electron chi connectivity index (χ0n) is 9.70. The lowest BCUT2D eigenvalue weighted by molar-refractivity contribution is 0.995. The van der Waals surface area contributed by atoms with Crippen molar-refractivity contribution in [1.29, 1.82) is 0 Å². The lowest BCUT2D eigenvalue weighted by Gasteiger charge is -2.03. The van der Waals surface area contributed by atoms with E-state index in [1.165, 1.54) is 27.4 Å². The van der Waals surface area contributed by atoms with Crippen LogP contribution in [-0.2, 0) is 13.5 Å². The first kappa shape index (κ1) is 9.46. The van der Waals surface area contributed by atoms with Crippen molar-refractivity contribution < 1.29 is 0 Å². The highest BCUT2D eigenvalue weighted by Crippen LogP contribution is 2.30. The minimum atomic E-state index is 1.08. The summed E-state index contributed by atoms with van der Waals surface area (Å²) in [7, 11) is 2.16. The quantitative estimate of drug-likeness (QED) is 0.573. The molecule has 3 rings (SSSR count). The summed E-state index contributed by atoms with van der Waals surface area (Å²) in [6.45, 7) is 2.21. The Kier molecular flexibility index (Phi) is 2.00. The maximum absolute atomic E-state index is 2.31.